The van der Waals surface area contributed by atoms with E-state index in [1.54, 1.807) is 12.4 Å². The van der Waals surface area contributed by atoms with Gasteiger partial charge >= 0.3 is 41.1 Å². The Morgan fingerprint density at radius 1 is 0.636 bits per heavy atom. The Morgan fingerprint density at radius 2 is 1.10 bits per heavy atom. The van der Waals surface area contributed by atoms with Crippen molar-refractivity contribution in [1.82, 2.24) is 40.1 Å². The number of halogens is 6. The zero-order valence-corrected chi connectivity index (χ0v) is 46.5. The second-order valence-corrected chi connectivity index (χ2v) is 20.8. The molecular formula is C54H57Cl2F4N10NaO5S. The number of carbonyl (C=O) groups excluding carboxylic acids is 2. The molecular weight excluding hydrogens is 1070 g/mol. The van der Waals surface area contributed by atoms with Crippen LogP contribution in [0.4, 0.5) is 29.5 Å². The fourth-order valence-electron chi connectivity index (χ4n) is 10.9. The average Bonchev–Trinajstić information content (AvgIpc) is 4.22. The minimum Gasteiger partial charge on any atom is -0.870 e. The Hall–Kier alpha value is -5.48. The number of nitrogens with zero attached hydrogens (tertiary/aromatic N) is 5. The fraction of sp³-hybridized carbons (Fsp3) is 0.407. The third-order valence-corrected chi connectivity index (χ3v) is 15.1. The number of H-pyrrole nitrogens is 1. The van der Waals surface area contributed by atoms with Gasteiger partial charge in [-0.3, -0.25) is 9.59 Å². The topological polar surface area (TPSA) is 219 Å². The molecule has 15 nitrogen and oxygen atoms in total. The molecule has 7 aromatic rings. The van der Waals surface area contributed by atoms with Crippen LogP contribution in [0.2, 0.25) is 10.0 Å². The first-order valence-corrected chi connectivity index (χ1v) is 26.7. The van der Waals surface area contributed by atoms with Crippen LogP contribution in [0.15, 0.2) is 104 Å². The molecule has 0 aliphatic heterocycles. The molecule has 6 atom stereocenters. The monoisotopic (exact) mass is 1130 g/mol. The molecule has 0 radical (unpaired) electrons. The molecule has 6 N–H and O–H groups in total. The first kappa shape index (κ1) is 59.2. The van der Waals surface area contributed by atoms with Gasteiger partial charge in [0.1, 0.15) is 0 Å². The van der Waals surface area contributed by atoms with Crippen LogP contribution in [0.1, 0.15) is 89.9 Å². The first-order valence-electron chi connectivity index (χ1n) is 25.2. The van der Waals surface area contributed by atoms with Gasteiger partial charge in [0.2, 0.25) is 35.6 Å². The molecule has 4 aliphatic rings. The van der Waals surface area contributed by atoms with Crippen LogP contribution >= 0.6 is 23.2 Å². The van der Waals surface area contributed by atoms with Crippen molar-refractivity contribution in [2.24, 2.45) is 11.8 Å². The molecule has 0 spiro atoms. The Bertz CT molecular complexity index is 3190. The number of hydrogen-bond acceptors (Lipinski definition) is 11. The molecule has 3 aromatic carbocycles. The number of amides is 2. The molecule has 0 saturated heterocycles. The summed E-state index contributed by atoms with van der Waals surface area (Å²) in [4.78, 5) is 46.6. The molecule has 402 valence electrons. The van der Waals surface area contributed by atoms with Crippen molar-refractivity contribution in [2.75, 3.05) is 10.6 Å². The van der Waals surface area contributed by atoms with Crippen molar-refractivity contribution in [2.45, 2.75) is 126 Å². The van der Waals surface area contributed by atoms with Crippen molar-refractivity contribution in [3.8, 4) is 28.2 Å². The summed E-state index contributed by atoms with van der Waals surface area (Å²) in [6, 6.07) is 26.2. The average molecular weight is 1130 g/mol. The first-order chi connectivity index (χ1) is 36.2. The van der Waals surface area contributed by atoms with E-state index >= 15 is 0 Å². The smallest absolute Gasteiger partial charge is 0.870 e. The Labute approximate surface area is 478 Å². The van der Waals surface area contributed by atoms with E-state index in [4.69, 9.17) is 36.6 Å². The maximum Gasteiger partial charge on any atom is 1.00 e. The van der Waals surface area contributed by atoms with Gasteiger partial charge in [0.05, 0.1) is 39.3 Å². The van der Waals surface area contributed by atoms with Crippen LogP contribution in [-0.2, 0) is 21.2 Å². The summed E-state index contributed by atoms with van der Waals surface area (Å²) in [5.74, 6) is -6.19. The number of fused-ring (bicyclic) bond motifs is 2. The number of anilines is 2. The van der Waals surface area contributed by atoms with Crippen LogP contribution in [0.5, 0.6) is 0 Å². The fourth-order valence-corrected chi connectivity index (χ4v) is 11.3. The van der Waals surface area contributed by atoms with Crippen LogP contribution in [-0.4, -0.2) is 91.2 Å². The molecule has 4 heterocycles. The summed E-state index contributed by atoms with van der Waals surface area (Å²) in [5, 5.41) is 15.8. The third kappa shape index (κ3) is 14.8. The summed E-state index contributed by atoms with van der Waals surface area (Å²) >= 11 is 12.3. The van der Waals surface area contributed by atoms with Gasteiger partial charge in [-0.25, -0.2) is 37.5 Å². The molecule has 2 amide bonds. The summed E-state index contributed by atoms with van der Waals surface area (Å²) in [5.41, 5.74) is 6.20. The Kier molecular flexibility index (Phi) is 20.3. The van der Waals surface area contributed by atoms with Crippen LogP contribution in [0.3, 0.4) is 0 Å². The van der Waals surface area contributed by atoms with Crippen molar-refractivity contribution in [3.05, 3.63) is 114 Å². The quantitative estimate of drug-likeness (QED) is 0.0609. The number of para-hydroxylation sites is 3. The summed E-state index contributed by atoms with van der Waals surface area (Å²) < 4.78 is 72.8. The largest absolute Gasteiger partial charge is 1.00 e. The van der Waals surface area contributed by atoms with E-state index in [-0.39, 0.29) is 110 Å². The van der Waals surface area contributed by atoms with Crippen molar-refractivity contribution in [3.63, 3.8) is 0 Å². The SMILES string of the molecule is O=C(N[C@H]1CCC[C@@H](Nc2ncc(Cl)c(-c3c[nH]c4ccccc34)n2)C1)[C@H]1CCC(F)(F)C1.O=C(N[C@H]1CCC[C@@H](Nc2ncc(Cl)c(-c3cn(-c4ccccc4)c4ccccc34)n2)C1)[C@H]1CCC(F)(F)C1.O=S=O.[Na+].[OH-]. The van der Waals surface area contributed by atoms with Gasteiger partial charge < -0.3 is 36.3 Å². The van der Waals surface area contributed by atoms with Crippen LogP contribution in [0.25, 0.3) is 50.0 Å². The molecule has 0 bridgehead atoms. The molecule has 77 heavy (non-hydrogen) atoms. The minimum atomic E-state index is -2.73. The molecule has 23 heteroatoms. The number of aromatic nitrogens is 6. The number of benzene rings is 3. The van der Waals surface area contributed by atoms with E-state index in [0.717, 1.165) is 77.1 Å². The van der Waals surface area contributed by atoms with Crippen molar-refractivity contribution in [1.29, 1.82) is 0 Å². The van der Waals surface area contributed by atoms with E-state index in [2.05, 4.69) is 76.2 Å². The zero-order valence-electron chi connectivity index (χ0n) is 42.2. The van der Waals surface area contributed by atoms with Gasteiger partial charge in [-0.05, 0) is 88.5 Å². The Balaban J connectivity index is 0.000000210. The standard InChI is InChI=1S/C30H30ClF2N5O.C24H26ClF2N5O.Na.O2S.H2O/c31-25-17-34-29(36-21-8-6-7-20(15-21)35-28(39)19-13-14-30(32,33)16-19)37-27(25)24-18-38(22-9-2-1-3-10-22)26-12-5-4-11-23(24)26;25-19-13-29-23(32-21(19)18-12-28-20-7-2-1-6-17(18)20)31-16-5-3-4-15(10-16)30-22(33)14-8-9-24(26,27)11-14;;1-3-2;/h1-5,9-12,17-21H,6-8,13-16H2,(H,35,39)(H,34,36,37);1-2,6-7,12-16,28H,3-5,8-11H2,(H,30,33)(H,29,31,32);;;1H2/q;;+1;;/p-1/t19-,20-,21+;14-,15-,16+;;;/m00.../s1. The molecule has 4 aromatic heterocycles. The van der Waals surface area contributed by atoms with Crippen LogP contribution < -0.4 is 50.8 Å². The Morgan fingerprint density at radius 3 is 1.62 bits per heavy atom. The van der Waals surface area contributed by atoms with Gasteiger partial charge in [0, 0.05) is 107 Å². The molecule has 11 rings (SSSR count). The normalized spacial score (nSPS) is 22.2. The molecule has 4 fully saturated rings. The molecule has 0 unspecified atom stereocenters. The number of nitrogens with one attached hydrogen (secondary N) is 5. The predicted octanol–water partition coefficient (Wildman–Crippen LogP) is 8.73. The summed E-state index contributed by atoms with van der Waals surface area (Å²) in [7, 11) is 0. The predicted molar refractivity (Wildman–Crippen MR) is 285 cm³/mol. The van der Waals surface area contributed by atoms with Gasteiger partial charge in [-0.2, -0.15) is 8.42 Å². The third-order valence-electron chi connectivity index (χ3n) is 14.6. The summed E-state index contributed by atoms with van der Waals surface area (Å²) in [6.45, 7) is 0. The zero-order chi connectivity index (χ0) is 52.7. The van der Waals surface area contributed by atoms with E-state index in [0.29, 0.717) is 46.2 Å². The number of rotatable bonds is 11. The van der Waals surface area contributed by atoms with Crippen molar-refractivity contribution >= 4 is 80.3 Å². The maximum atomic E-state index is 13.6. The second kappa shape index (κ2) is 26.4. The van der Waals surface area contributed by atoms with E-state index in [9.17, 15) is 27.2 Å². The van der Waals surface area contributed by atoms with E-state index in [1.807, 2.05) is 60.8 Å². The van der Waals surface area contributed by atoms with Crippen molar-refractivity contribution < 1.29 is 70.6 Å². The maximum absolute atomic E-state index is 13.6. The van der Waals surface area contributed by atoms with Gasteiger partial charge in [-0.15, -0.1) is 0 Å². The number of carbonyl (C=O) groups is 2. The molecule has 4 saturated carbocycles. The van der Waals surface area contributed by atoms with Gasteiger partial charge in [-0.1, -0.05) is 77.8 Å². The number of hydrogen-bond donors (Lipinski definition) is 5. The van der Waals surface area contributed by atoms with E-state index in [1.165, 1.54) is 0 Å². The minimum absolute atomic E-state index is 0. The summed E-state index contributed by atoms with van der Waals surface area (Å²) in [6.07, 6.45) is 13.3. The molecule has 4 aliphatic carbocycles. The second-order valence-electron chi connectivity index (χ2n) is 19.9. The number of alkyl halides is 4. The van der Waals surface area contributed by atoms with Gasteiger partial charge in [0.15, 0.2) is 0 Å². The van der Waals surface area contributed by atoms with Crippen LogP contribution in [0, 0.1) is 11.8 Å². The number of aromatic amines is 1. The van der Waals surface area contributed by atoms with E-state index < -0.39 is 35.3 Å². The van der Waals surface area contributed by atoms with Gasteiger partial charge in [0.25, 0.3) is 0 Å².